The Labute approximate surface area is 228 Å². The number of nitrogens with one attached hydrogen (secondary N) is 2. The van der Waals surface area contributed by atoms with Gasteiger partial charge in [-0.25, -0.2) is 9.97 Å². The van der Waals surface area contributed by atoms with E-state index in [0.29, 0.717) is 31.7 Å². The molecule has 39 heavy (non-hydrogen) atoms. The number of carbonyl (C=O) groups is 1. The summed E-state index contributed by atoms with van der Waals surface area (Å²) in [5, 5.41) is 6.27. The Bertz CT molecular complexity index is 1500. The van der Waals surface area contributed by atoms with E-state index < -0.39 is 6.04 Å². The van der Waals surface area contributed by atoms with Crippen molar-refractivity contribution in [2.45, 2.75) is 52.1 Å². The Morgan fingerprint density at radius 3 is 2.26 bits per heavy atom. The van der Waals surface area contributed by atoms with Crippen molar-refractivity contribution < 1.29 is 4.79 Å². The van der Waals surface area contributed by atoms with E-state index in [9.17, 15) is 9.59 Å². The summed E-state index contributed by atoms with van der Waals surface area (Å²) in [6.07, 6.45) is 2.89. The molecule has 4 aromatic rings. The van der Waals surface area contributed by atoms with Crippen LogP contribution in [-0.4, -0.2) is 27.0 Å². The molecule has 200 valence electrons. The minimum Gasteiger partial charge on any atom is -0.384 e. The first kappa shape index (κ1) is 26.2. The smallest absolute Gasteiger partial charge is 0.294 e. The fourth-order valence-electron chi connectivity index (χ4n) is 5.13. The van der Waals surface area contributed by atoms with Crippen molar-refractivity contribution in [2.24, 2.45) is 0 Å². The van der Waals surface area contributed by atoms with E-state index in [0.717, 1.165) is 28.1 Å². The number of carbonyl (C=O) groups excluding carboxylic acids is 1. The molecule has 8 heteroatoms. The molecule has 0 radical (unpaired) electrons. The number of benzene rings is 2. The molecule has 1 aliphatic heterocycles. The Morgan fingerprint density at radius 1 is 1.00 bits per heavy atom. The fraction of sp³-hybridized carbons (Fsp3) is 0.290. The number of nitrogens with two attached hydrogens (primary N) is 1. The zero-order valence-electron chi connectivity index (χ0n) is 22.6. The Morgan fingerprint density at radius 2 is 1.64 bits per heavy atom. The first-order valence-corrected chi connectivity index (χ1v) is 13.3. The number of pyridine rings is 1. The lowest BCUT2D eigenvalue weighted by Gasteiger charge is -2.20. The molecule has 0 bridgehead atoms. The zero-order valence-corrected chi connectivity index (χ0v) is 22.6. The number of nitrogens with zero attached hydrogens (tertiary/aromatic N) is 3. The summed E-state index contributed by atoms with van der Waals surface area (Å²) in [6, 6.07) is 19.9. The van der Waals surface area contributed by atoms with Crippen LogP contribution in [0.25, 0.3) is 0 Å². The molecule has 3 heterocycles. The summed E-state index contributed by atoms with van der Waals surface area (Å²) >= 11 is 0. The van der Waals surface area contributed by atoms with Gasteiger partial charge in [0.25, 0.3) is 5.56 Å². The van der Waals surface area contributed by atoms with Crippen molar-refractivity contribution in [1.29, 1.82) is 0 Å². The van der Waals surface area contributed by atoms with Gasteiger partial charge < -0.3 is 16.4 Å². The Kier molecular flexibility index (Phi) is 7.45. The molecule has 1 aliphatic rings. The third kappa shape index (κ3) is 5.70. The Balaban J connectivity index is 1.35. The van der Waals surface area contributed by atoms with E-state index in [2.05, 4.69) is 83.0 Å². The second-order valence-corrected chi connectivity index (χ2v) is 10.3. The maximum Gasteiger partial charge on any atom is 0.294 e. The van der Waals surface area contributed by atoms with Crippen molar-refractivity contribution in [3.05, 3.63) is 116 Å². The molecular formula is C31H34N6O2. The highest BCUT2D eigenvalue weighted by Crippen LogP contribution is 2.27. The minimum absolute atomic E-state index is 0.0292. The number of fused-ring (bicyclic) bond motifs is 1. The second kappa shape index (κ2) is 11.1. The number of amides is 1. The molecule has 0 unspecified atom stereocenters. The average molecular weight is 523 g/mol. The van der Waals surface area contributed by atoms with Crippen molar-refractivity contribution in [1.82, 2.24) is 19.9 Å². The van der Waals surface area contributed by atoms with Crippen LogP contribution in [0.5, 0.6) is 0 Å². The third-order valence-corrected chi connectivity index (χ3v) is 7.46. The van der Waals surface area contributed by atoms with Gasteiger partial charge in [-0.15, -0.1) is 0 Å². The maximum atomic E-state index is 13.6. The van der Waals surface area contributed by atoms with Crippen LogP contribution < -0.4 is 21.9 Å². The molecule has 0 saturated carbocycles. The van der Waals surface area contributed by atoms with E-state index in [1.54, 1.807) is 16.8 Å². The van der Waals surface area contributed by atoms with Gasteiger partial charge in [0.2, 0.25) is 5.91 Å². The summed E-state index contributed by atoms with van der Waals surface area (Å²) in [7, 11) is 0. The summed E-state index contributed by atoms with van der Waals surface area (Å²) in [5.74, 6) is 0.530. The van der Waals surface area contributed by atoms with Gasteiger partial charge in [-0.2, -0.15) is 0 Å². The molecule has 0 fully saturated rings. The van der Waals surface area contributed by atoms with Gasteiger partial charge in [-0.3, -0.25) is 14.2 Å². The lowest BCUT2D eigenvalue weighted by molar-refractivity contribution is -0.124. The molecule has 4 N–H and O–H groups in total. The van der Waals surface area contributed by atoms with Crippen LogP contribution in [0, 0.1) is 20.8 Å². The highest BCUT2D eigenvalue weighted by molar-refractivity contribution is 5.81. The molecule has 8 nitrogen and oxygen atoms in total. The van der Waals surface area contributed by atoms with Gasteiger partial charge in [-0.05, 0) is 56.4 Å². The van der Waals surface area contributed by atoms with Gasteiger partial charge in [0.1, 0.15) is 11.9 Å². The highest BCUT2D eigenvalue weighted by atomic mass is 16.2. The van der Waals surface area contributed by atoms with Crippen LogP contribution in [-0.2, 0) is 17.8 Å². The van der Waals surface area contributed by atoms with E-state index in [4.69, 9.17) is 5.73 Å². The van der Waals surface area contributed by atoms with E-state index in [1.807, 2.05) is 13.0 Å². The number of aromatic nitrogens is 3. The number of anilines is 2. The summed E-state index contributed by atoms with van der Waals surface area (Å²) in [4.78, 5) is 35.4. The van der Waals surface area contributed by atoms with Crippen LogP contribution in [0.2, 0.25) is 0 Å². The van der Waals surface area contributed by atoms with Gasteiger partial charge in [0.05, 0.1) is 0 Å². The van der Waals surface area contributed by atoms with Gasteiger partial charge in [-0.1, -0.05) is 65.7 Å². The summed E-state index contributed by atoms with van der Waals surface area (Å²) in [6.45, 7) is 6.81. The first-order chi connectivity index (χ1) is 18.8. The van der Waals surface area contributed by atoms with Crippen LogP contribution >= 0.6 is 0 Å². The van der Waals surface area contributed by atoms with Crippen molar-refractivity contribution >= 4 is 17.5 Å². The third-order valence-electron chi connectivity index (χ3n) is 7.46. The highest BCUT2D eigenvalue weighted by Gasteiger charge is 2.30. The maximum absolute atomic E-state index is 13.6. The normalized spacial score (nSPS) is 14.3. The average Bonchev–Trinajstić information content (AvgIpc) is 3.36. The first-order valence-electron chi connectivity index (χ1n) is 13.3. The van der Waals surface area contributed by atoms with Crippen LogP contribution in [0.3, 0.4) is 0 Å². The predicted molar refractivity (Wildman–Crippen MR) is 154 cm³/mol. The number of rotatable bonds is 8. The lowest BCUT2D eigenvalue weighted by atomic mass is 9.90. The quantitative estimate of drug-likeness (QED) is 0.320. The monoisotopic (exact) mass is 522 g/mol. The van der Waals surface area contributed by atoms with Gasteiger partial charge in [0.15, 0.2) is 5.82 Å². The van der Waals surface area contributed by atoms with Gasteiger partial charge in [0, 0.05) is 36.6 Å². The number of aryl methyl sites for hydroxylation is 4. The number of nitrogen functional groups attached to an aromatic ring is 1. The van der Waals surface area contributed by atoms with Crippen LogP contribution in [0.4, 0.5) is 11.6 Å². The predicted octanol–water partition coefficient (Wildman–Crippen LogP) is 4.19. The molecule has 0 saturated heterocycles. The molecule has 5 rings (SSSR count). The zero-order chi connectivity index (χ0) is 27.5. The van der Waals surface area contributed by atoms with E-state index >= 15 is 0 Å². The summed E-state index contributed by atoms with van der Waals surface area (Å²) in [5.41, 5.74) is 12.6. The largest absolute Gasteiger partial charge is 0.384 e. The standard InChI is InChI=1S/C31H34N6O2/c1-19-4-8-22(9-5-19)26(23-10-6-20(2)7-11-23)18-34-29-31(39)37-25(17-33-29)13-14-27(37)30(38)35-16-24-12-15-28(32)36-21(24)3/h4-12,15,17,26-27H,13-14,16,18H2,1-3H3,(H2,32,36)(H,33,34)(H,35,38)/t27-/m0/s1. The van der Waals surface area contributed by atoms with Crippen molar-refractivity contribution in [3.63, 3.8) is 0 Å². The molecule has 0 aliphatic carbocycles. The topological polar surface area (TPSA) is 115 Å². The molecule has 1 amide bonds. The minimum atomic E-state index is -0.580. The fourth-order valence-corrected chi connectivity index (χ4v) is 5.13. The molecule has 2 aromatic heterocycles. The van der Waals surface area contributed by atoms with Crippen LogP contribution in [0.1, 0.15) is 57.6 Å². The van der Waals surface area contributed by atoms with E-state index in [-0.39, 0.29) is 23.2 Å². The Hall–Kier alpha value is -4.46. The molecule has 1 atom stereocenters. The molecule has 0 spiro atoms. The molecule has 2 aromatic carbocycles. The lowest BCUT2D eigenvalue weighted by Crippen LogP contribution is -2.36. The second-order valence-electron chi connectivity index (χ2n) is 10.3. The summed E-state index contributed by atoms with van der Waals surface area (Å²) < 4.78 is 1.59. The van der Waals surface area contributed by atoms with Crippen LogP contribution in [0.15, 0.2) is 71.7 Å². The van der Waals surface area contributed by atoms with Gasteiger partial charge >= 0.3 is 0 Å². The SMILES string of the molecule is Cc1ccc(C(CNc2ncc3n(c2=O)[C@H](C(=O)NCc2ccc(N)nc2C)CC3)c2ccc(C)cc2)cc1. The van der Waals surface area contributed by atoms with E-state index in [1.165, 1.54) is 11.1 Å². The van der Waals surface area contributed by atoms with Crippen molar-refractivity contribution in [2.75, 3.05) is 17.6 Å². The molecular weight excluding hydrogens is 488 g/mol. The number of hydrogen-bond donors (Lipinski definition) is 3. The van der Waals surface area contributed by atoms with Crippen molar-refractivity contribution in [3.8, 4) is 0 Å². The number of hydrogen-bond acceptors (Lipinski definition) is 6.